The van der Waals surface area contributed by atoms with Crippen molar-refractivity contribution >= 4 is 17.7 Å². The lowest BCUT2D eigenvalue weighted by atomic mass is 9.93. The highest BCUT2D eigenvalue weighted by molar-refractivity contribution is 5.90. The second-order valence-electron chi connectivity index (χ2n) is 8.57. The van der Waals surface area contributed by atoms with Crippen LogP contribution in [0.1, 0.15) is 28.8 Å². The molecular weight excluding hydrogens is 484 g/mol. The number of esters is 1. The molecule has 0 spiro atoms. The number of hydrogen-bond donors (Lipinski definition) is 1. The smallest absolute Gasteiger partial charge is 0.410 e. The largest absolute Gasteiger partial charge is 0.453 e. The number of rotatable bonds is 7. The van der Waals surface area contributed by atoms with Gasteiger partial charge < -0.3 is 19.5 Å². The van der Waals surface area contributed by atoms with Crippen LogP contribution < -0.4 is 9.64 Å². The summed E-state index contributed by atoms with van der Waals surface area (Å²) in [4.78, 5) is 31.9. The van der Waals surface area contributed by atoms with Crippen LogP contribution in [0.15, 0.2) is 67.0 Å². The Morgan fingerprint density at radius 2 is 1.81 bits per heavy atom. The van der Waals surface area contributed by atoms with E-state index < -0.39 is 48.1 Å². The summed E-state index contributed by atoms with van der Waals surface area (Å²) in [5.74, 6) is -3.95. The van der Waals surface area contributed by atoms with E-state index in [0.29, 0.717) is 19.4 Å². The first kappa shape index (κ1) is 26.0. The van der Waals surface area contributed by atoms with E-state index in [2.05, 4.69) is 4.98 Å². The number of benzene rings is 2. The Morgan fingerprint density at radius 1 is 1.08 bits per heavy atom. The third-order valence-electron chi connectivity index (χ3n) is 6.39. The van der Waals surface area contributed by atoms with E-state index in [1.165, 1.54) is 48.7 Å². The SMILES string of the molecule is COC(=O)N(Cc1ccccc1)C1CCCN(c2ccc(OC(=O)c3ccncc3)c(F)c2F)C1CO. The summed E-state index contributed by atoms with van der Waals surface area (Å²) < 4.78 is 40.4. The Labute approximate surface area is 213 Å². The Kier molecular flexibility index (Phi) is 8.29. The number of nitrogens with zero attached hydrogens (tertiary/aromatic N) is 3. The summed E-state index contributed by atoms with van der Waals surface area (Å²) in [7, 11) is 1.27. The van der Waals surface area contributed by atoms with Gasteiger partial charge in [-0.3, -0.25) is 9.88 Å². The highest BCUT2D eigenvalue weighted by Gasteiger charge is 2.39. The number of aliphatic hydroxyl groups excluding tert-OH is 1. The second-order valence-corrected chi connectivity index (χ2v) is 8.57. The number of ether oxygens (including phenoxy) is 2. The molecule has 0 bridgehead atoms. The minimum absolute atomic E-state index is 0.102. The summed E-state index contributed by atoms with van der Waals surface area (Å²) in [6, 6.07) is 13.3. The van der Waals surface area contributed by atoms with Gasteiger partial charge in [-0.1, -0.05) is 30.3 Å². The number of methoxy groups -OCH3 is 1. The summed E-state index contributed by atoms with van der Waals surface area (Å²) in [5, 5.41) is 10.3. The van der Waals surface area contributed by atoms with Gasteiger partial charge in [-0.05, 0) is 42.7 Å². The number of carbonyl (C=O) groups excluding carboxylic acids is 2. The highest BCUT2D eigenvalue weighted by atomic mass is 19.2. The number of aliphatic hydroxyl groups is 1. The van der Waals surface area contributed by atoms with Gasteiger partial charge in [0.05, 0.1) is 37.1 Å². The molecule has 1 aliphatic rings. The quantitative estimate of drug-likeness (QED) is 0.376. The Morgan fingerprint density at radius 3 is 2.49 bits per heavy atom. The second kappa shape index (κ2) is 11.8. The predicted octanol–water partition coefficient (Wildman–Crippen LogP) is 4.18. The van der Waals surface area contributed by atoms with Crippen molar-refractivity contribution in [2.45, 2.75) is 31.5 Å². The van der Waals surface area contributed by atoms with Crippen molar-refractivity contribution in [2.75, 3.05) is 25.2 Å². The number of pyridine rings is 1. The summed E-state index contributed by atoms with van der Waals surface area (Å²) in [6.45, 7) is 0.143. The third kappa shape index (κ3) is 5.69. The number of carbonyl (C=O) groups is 2. The fraction of sp³-hybridized carbons (Fsp3) is 0.296. The number of halogens is 2. The Balaban J connectivity index is 1.60. The molecule has 10 heteroatoms. The van der Waals surface area contributed by atoms with Crippen LogP contribution in [-0.4, -0.2) is 59.4 Å². The van der Waals surface area contributed by atoms with E-state index in [-0.39, 0.29) is 17.8 Å². The molecule has 4 rings (SSSR count). The van der Waals surface area contributed by atoms with E-state index in [0.717, 1.165) is 5.56 Å². The van der Waals surface area contributed by atoms with Gasteiger partial charge in [-0.25, -0.2) is 14.0 Å². The third-order valence-corrected chi connectivity index (χ3v) is 6.39. The fourth-order valence-corrected chi connectivity index (χ4v) is 4.60. The molecule has 0 radical (unpaired) electrons. The number of piperidine rings is 1. The normalized spacial score (nSPS) is 17.2. The number of amides is 1. The molecular formula is C27H27F2N3O5. The average molecular weight is 512 g/mol. The molecule has 1 amide bonds. The van der Waals surface area contributed by atoms with Crippen molar-refractivity contribution in [1.29, 1.82) is 0 Å². The van der Waals surface area contributed by atoms with Gasteiger partial charge in [0.15, 0.2) is 11.6 Å². The van der Waals surface area contributed by atoms with Crippen LogP contribution in [0.2, 0.25) is 0 Å². The molecule has 3 aromatic rings. The molecule has 2 atom stereocenters. The molecule has 37 heavy (non-hydrogen) atoms. The molecule has 1 fully saturated rings. The molecule has 2 unspecified atom stereocenters. The van der Waals surface area contributed by atoms with E-state index in [9.17, 15) is 14.7 Å². The number of hydrogen-bond acceptors (Lipinski definition) is 7. The minimum atomic E-state index is -1.33. The summed E-state index contributed by atoms with van der Waals surface area (Å²) in [5.41, 5.74) is 0.896. The molecule has 194 valence electrons. The zero-order valence-corrected chi connectivity index (χ0v) is 20.2. The fourth-order valence-electron chi connectivity index (χ4n) is 4.60. The van der Waals surface area contributed by atoms with Crippen LogP contribution in [0.5, 0.6) is 5.75 Å². The average Bonchev–Trinajstić information content (AvgIpc) is 2.94. The standard InChI is InChI=1S/C27H27F2N3O5/c1-36-27(35)32(16-18-6-3-2-4-7-18)20-8-5-15-31(22(20)17-33)21-9-10-23(25(29)24(21)28)37-26(34)19-11-13-30-14-12-19/h2-4,6-7,9-14,20,22,33H,5,8,15-17H2,1H3. The van der Waals surface area contributed by atoms with Gasteiger partial charge in [-0.2, -0.15) is 4.39 Å². The highest BCUT2D eigenvalue weighted by Crippen LogP contribution is 2.34. The molecule has 0 aliphatic carbocycles. The maximum absolute atomic E-state index is 15.3. The maximum Gasteiger partial charge on any atom is 0.410 e. The van der Waals surface area contributed by atoms with E-state index in [4.69, 9.17) is 9.47 Å². The predicted molar refractivity (Wildman–Crippen MR) is 131 cm³/mol. The van der Waals surface area contributed by atoms with Crippen molar-refractivity contribution < 1.29 is 33.0 Å². The number of aromatic nitrogens is 1. The van der Waals surface area contributed by atoms with Crippen LogP contribution in [0.3, 0.4) is 0 Å². The van der Waals surface area contributed by atoms with Crippen molar-refractivity contribution in [3.05, 3.63) is 89.8 Å². The monoisotopic (exact) mass is 511 g/mol. The topological polar surface area (TPSA) is 92.2 Å². The Bertz CT molecular complexity index is 1230. The lowest BCUT2D eigenvalue weighted by molar-refractivity contribution is 0.0725. The first-order chi connectivity index (χ1) is 17.9. The molecule has 2 aromatic carbocycles. The van der Waals surface area contributed by atoms with Gasteiger partial charge in [0.2, 0.25) is 5.82 Å². The van der Waals surface area contributed by atoms with Gasteiger partial charge in [0.1, 0.15) is 0 Å². The molecule has 1 N–H and O–H groups in total. The molecule has 8 nitrogen and oxygen atoms in total. The summed E-state index contributed by atoms with van der Waals surface area (Å²) >= 11 is 0. The molecule has 1 aliphatic heterocycles. The van der Waals surface area contributed by atoms with Crippen LogP contribution in [0, 0.1) is 11.6 Å². The molecule has 0 saturated carbocycles. The van der Waals surface area contributed by atoms with Crippen LogP contribution in [0.4, 0.5) is 19.3 Å². The van der Waals surface area contributed by atoms with Crippen molar-refractivity contribution in [2.24, 2.45) is 0 Å². The van der Waals surface area contributed by atoms with Gasteiger partial charge >= 0.3 is 12.1 Å². The zero-order chi connectivity index (χ0) is 26.4. The van der Waals surface area contributed by atoms with Crippen molar-refractivity contribution in [1.82, 2.24) is 9.88 Å². The maximum atomic E-state index is 15.3. The van der Waals surface area contributed by atoms with Gasteiger partial charge in [-0.15, -0.1) is 0 Å². The van der Waals surface area contributed by atoms with Crippen LogP contribution in [-0.2, 0) is 11.3 Å². The van der Waals surface area contributed by atoms with E-state index in [1.807, 2.05) is 30.3 Å². The van der Waals surface area contributed by atoms with Gasteiger partial charge in [0.25, 0.3) is 0 Å². The van der Waals surface area contributed by atoms with Crippen LogP contribution >= 0.6 is 0 Å². The van der Waals surface area contributed by atoms with Crippen LogP contribution in [0.25, 0.3) is 0 Å². The lowest BCUT2D eigenvalue weighted by Gasteiger charge is -2.46. The molecule has 1 saturated heterocycles. The first-order valence-corrected chi connectivity index (χ1v) is 11.8. The van der Waals surface area contributed by atoms with E-state index in [1.54, 1.807) is 4.90 Å². The lowest BCUT2D eigenvalue weighted by Crippen LogP contribution is -2.58. The minimum Gasteiger partial charge on any atom is -0.453 e. The van der Waals surface area contributed by atoms with Crippen molar-refractivity contribution in [3.63, 3.8) is 0 Å². The van der Waals surface area contributed by atoms with Gasteiger partial charge in [0, 0.05) is 25.5 Å². The first-order valence-electron chi connectivity index (χ1n) is 11.8. The van der Waals surface area contributed by atoms with Crippen molar-refractivity contribution in [3.8, 4) is 5.75 Å². The molecule has 2 heterocycles. The van der Waals surface area contributed by atoms with E-state index >= 15 is 8.78 Å². The zero-order valence-electron chi connectivity index (χ0n) is 20.2. The Hall–Kier alpha value is -4.05. The summed E-state index contributed by atoms with van der Waals surface area (Å²) in [6.07, 6.45) is 3.28. The molecule has 1 aromatic heterocycles. The number of anilines is 1.